The highest BCUT2D eigenvalue weighted by molar-refractivity contribution is 8.00. The fraction of sp³-hybridized carbons (Fsp3) is 0.526. The predicted molar refractivity (Wildman–Crippen MR) is 99.1 cm³/mol. The van der Waals surface area contributed by atoms with Gasteiger partial charge in [-0.2, -0.15) is 0 Å². The molecule has 140 valence electrons. The van der Waals surface area contributed by atoms with Crippen LogP contribution in [0.5, 0.6) is 0 Å². The molecule has 1 amide bonds. The molecule has 1 aliphatic carbocycles. The molecule has 4 atom stereocenters. The molecule has 1 aromatic heterocycles. The molecule has 0 aliphatic heterocycles. The molecule has 1 fully saturated rings. The van der Waals surface area contributed by atoms with Crippen LogP contribution in [-0.4, -0.2) is 27.4 Å². The number of hydrogen-bond acceptors (Lipinski definition) is 5. The highest BCUT2D eigenvalue weighted by Crippen LogP contribution is 2.30. The quantitative estimate of drug-likeness (QED) is 0.787. The van der Waals surface area contributed by atoms with Gasteiger partial charge in [0.2, 0.25) is 11.8 Å². The summed E-state index contributed by atoms with van der Waals surface area (Å²) in [5.41, 5.74) is 0.646. The van der Waals surface area contributed by atoms with E-state index in [2.05, 4.69) is 29.4 Å². The van der Waals surface area contributed by atoms with E-state index < -0.39 is 0 Å². The van der Waals surface area contributed by atoms with Crippen LogP contribution in [0.1, 0.15) is 40.0 Å². The van der Waals surface area contributed by atoms with Gasteiger partial charge in [-0.15, -0.1) is 10.2 Å². The molecule has 0 radical (unpaired) electrons. The fourth-order valence-electron chi connectivity index (χ4n) is 3.26. The number of benzene rings is 1. The second-order valence-corrected chi connectivity index (χ2v) is 8.31. The van der Waals surface area contributed by atoms with Crippen molar-refractivity contribution in [3.63, 3.8) is 0 Å². The van der Waals surface area contributed by atoms with Gasteiger partial charge in [0.05, 0.1) is 5.25 Å². The van der Waals surface area contributed by atoms with Gasteiger partial charge < -0.3 is 9.73 Å². The van der Waals surface area contributed by atoms with E-state index in [1.807, 2.05) is 6.92 Å². The van der Waals surface area contributed by atoms with Gasteiger partial charge in [0.1, 0.15) is 5.82 Å². The number of nitrogens with zero attached hydrogens (tertiary/aromatic N) is 2. The molecule has 1 heterocycles. The summed E-state index contributed by atoms with van der Waals surface area (Å²) < 4.78 is 18.6. The summed E-state index contributed by atoms with van der Waals surface area (Å²) in [4.78, 5) is 12.5. The first-order valence-corrected chi connectivity index (χ1v) is 9.88. The van der Waals surface area contributed by atoms with Crippen molar-refractivity contribution in [1.82, 2.24) is 15.5 Å². The van der Waals surface area contributed by atoms with Crippen LogP contribution in [0.2, 0.25) is 0 Å². The Bertz CT molecular complexity index is 749. The molecule has 3 rings (SSSR count). The zero-order valence-electron chi connectivity index (χ0n) is 15.2. The standard InChI is InChI=1S/C19H24FN3O2S/c1-11-5-4-6-16(12(11)2)21-17(24)13(3)26-19-23-22-18(25-19)14-7-9-15(20)10-8-14/h7-13,16H,4-6H2,1-3H3,(H,21,24)/t11-,12-,13-,16+/m1/s1. The molecule has 7 heteroatoms. The Kier molecular flexibility index (Phi) is 5.96. The van der Waals surface area contributed by atoms with Gasteiger partial charge in [-0.25, -0.2) is 4.39 Å². The maximum atomic E-state index is 13.0. The highest BCUT2D eigenvalue weighted by Gasteiger charge is 2.29. The van der Waals surface area contributed by atoms with E-state index in [9.17, 15) is 9.18 Å². The SMILES string of the molecule is C[C@@H]1[C@H](C)CCC[C@@H]1NC(=O)[C@@H](C)Sc1nnc(-c2ccc(F)cc2)o1. The molecule has 0 unspecified atom stereocenters. The average Bonchev–Trinajstić information content (AvgIpc) is 3.08. The Morgan fingerprint density at radius 2 is 2.00 bits per heavy atom. The van der Waals surface area contributed by atoms with Crippen molar-refractivity contribution in [1.29, 1.82) is 0 Å². The van der Waals surface area contributed by atoms with E-state index in [4.69, 9.17) is 4.42 Å². The van der Waals surface area contributed by atoms with Gasteiger partial charge in [-0.1, -0.05) is 38.5 Å². The number of thioether (sulfide) groups is 1. The van der Waals surface area contributed by atoms with Crippen LogP contribution in [0.15, 0.2) is 33.9 Å². The summed E-state index contributed by atoms with van der Waals surface area (Å²) in [6.45, 7) is 6.29. The number of hydrogen-bond donors (Lipinski definition) is 1. The minimum Gasteiger partial charge on any atom is -0.411 e. The number of aromatic nitrogens is 2. The van der Waals surface area contributed by atoms with Gasteiger partial charge in [0.25, 0.3) is 5.22 Å². The van der Waals surface area contributed by atoms with Crippen molar-refractivity contribution in [2.45, 2.75) is 56.5 Å². The number of nitrogens with one attached hydrogen (secondary N) is 1. The molecule has 0 saturated heterocycles. The number of amides is 1. The monoisotopic (exact) mass is 377 g/mol. The minimum absolute atomic E-state index is 0.0116. The second kappa shape index (κ2) is 8.20. The second-order valence-electron chi connectivity index (χ2n) is 7.02. The van der Waals surface area contributed by atoms with Crippen molar-refractivity contribution in [3.8, 4) is 11.5 Å². The molecule has 1 saturated carbocycles. The third kappa shape index (κ3) is 4.44. The fourth-order valence-corrected chi connectivity index (χ4v) is 3.95. The van der Waals surface area contributed by atoms with Gasteiger partial charge in [0.15, 0.2) is 0 Å². The zero-order chi connectivity index (χ0) is 18.7. The molecular weight excluding hydrogens is 353 g/mol. The van der Waals surface area contributed by atoms with E-state index in [0.29, 0.717) is 28.5 Å². The van der Waals surface area contributed by atoms with E-state index in [1.165, 1.54) is 30.3 Å². The summed E-state index contributed by atoms with van der Waals surface area (Å²) >= 11 is 1.23. The lowest BCUT2D eigenvalue weighted by Crippen LogP contribution is -2.46. The summed E-state index contributed by atoms with van der Waals surface area (Å²) in [5, 5.41) is 11.1. The molecule has 1 aliphatic rings. The Morgan fingerprint density at radius 3 is 2.73 bits per heavy atom. The first kappa shape index (κ1) is 18.9. The largest absolute Gasteiger partial charge is 0.411 e. The number of halogens is 1. The van der Waals surface area contributed by atoms with E-state index >= 15 is 0 Å². The Labute approximate surface area is 157 Å². The third-order valence-corrected chi connectivity index (χ3v) is 6.11. The molecule has 26 heavy (non-hydrogen) atoms. The molecule has 5 nitrogen and oxygen atoms in total. The topological polar surface area (TPSA) is 68.0 Å². The van der Waals surface area contributed by atoms with E-state index in [1.54, 1.807) is 12.1 Å². The Hall–Kier alpha value is -1.89. The third-order valence-electron chi connectivity index (χ3n) is 5.18. The van der Waals surface area contributed by atoms with Crippen molar-refractivity contribution < 1.29 is 13.6 Å². The van der Waals surface area contributed by atoms with Crippen LogP contribution < -0.4 is 5.32 Å². The Morgan fingerprint density at radius 1 is 1.27 bits per heavy atom. The predicted octanol–water partition coefficient (Wildman–Crippen LogP) is 4.30. The number of rotatable bonds is 5. The van der Waals surface area contributed by atoms with Crippen molar-refractivity contribution in [2.75, 3.05) is 0 Å². The summed E-state index contributed by atoms with van der Waals surface area (Å²) in [7, 11) is 0. The van der Waals surface area contributed by atoms with Gasteiger partial charge in [-0.05, 0) is 49.4 Å². The van der Waals surface area contributed by atoms with Crippen molar-refractivity contribution in [2.24, 2.45) is 11.8 Å². The van der Waals surface area contributed by atoms with Crippen LogP contribution in [-0.2, 0) is 4.79 Å². The lowest BCUT2D eigenvalue weighted by Gasteiger charge is -2.35. The summed E-state index contributed by atoms with van der Waals surface area (Å²) in [6.07, 6.45) is 3.42. The molecule has 0 spiro atoms. The lowest BCUT2D eigenvalue weighted by molar-refractivity contribution is -0.121. The van der Waals surface area contributed by atoms with Crippen molar-refractivity contribution >= 4 is 17.7 Å². The molecule has 2 aromatic rings. The van der Waals surface area contributed by atoms with Crippen LogP contribution in [0.3, 0.4) is 0 Å². The first-order chi connectivity index (χ1) is 12.4. The normalized spacial score (nSPS) is 24.2. The Balaban J connectivity index is 1.58. The molecule has 0 bridgehead atoms. The molecule has 1 N–H and O–H groups in total. The van der Waals surface area contributed by atoms with Gasteiger partial charge in [0, 0.05) is 11.6 Å². The number of carbonyl (C=O) groups is 1. The summed E-state index contributed by atoms with van der Waals surface area (Å²) in [5.74, 6) is 1.10. The van der Waals surface area contributed by atoms with Gasteiger partial charge in [-0.3, -0.25) is 4.79 Å². The van der Waals surface area contributed by atoms with Crippen LogP contribution in [0.4, 0.5) is 4.39 Å². The summed E-state index contributed by atoms with van der Waals surface area (Å²) in [6, 6.07) is 6.08. The maximum Gasteiger partial charge on any atom is 0.277 e. The zero-order valence-corrected chi connectivity index (χ0v) is 16.1. The minimum atomic E-state index is -0.332. The van der Waals surface area contributed by atoms with Gasteiger partial charge >= 0.3 is 0 Å². The van der Waals surface area contributed by atoms with E-state index in [-0.39, 0.29) is 23.0 Å². The average molecular weight is 377 g/mol. The van der Waals surface area contributed by atoms with Crippen LogP contribution in [0, 0.1) is 17.7 Å². The lowest BCUT2D eigenvalue weighted by atomic mass is 9.78. The maximum absolute atomic E-state index is 13.0. The first-order valence-electron chi connectivity index (χ1n) is 9.00. The van der Waals surface area contributed by atoms with Crippen molar-refractivity contribution in [3.05, 3.63) is 30.1 Å². The van der Waals surface area contributed by atoms with Crippen LogP contribution in [0.25, 0.3) is 11.5 Å². The smallest absolute Gasteiger partial charge is 0.277 e. The molecule has 1 aromatic carbocycles. The van der Waals surface area contributed by atoms with E-state index in [0.717, 1.165) is 12.8 Å². The number of carbonyl (C=O) groups excluding carboxylic acids is 1. The van der Waals surface area contributed by atoms with Crippen LogP contribution >= 0.6 is 11.8 Å². The highest BCUT2D eigenvalue weighted by atomic mass is 32.2. The molecular formula is C19H24FN3O2S.